The van der Waals surface area contributed by atoms with E-state index in [1.54, 1.807) is 0 Å². The van der Waals surface area contributed by atoms with Crippen LogP contribution in [0.5, 0.6) is 5.75 Å². The first-order valence-corrected chi connectivity index (χ1v) is 6.95. The van der Waals surface area contributed by atoms with E-state index in [1.807, 2.05) is 61.5 Å². The second-order valence-corrected chi connectivity index (χ2v) is 4.98. The number of ether oxygens (including phenoxy) is 1. The Morgan fingerprint density at radius 1 is 1.00 bits per heavy atom. The molecule has 0 fully saturated rings. The number of hydrogen-bond acceptors (Lipinski definition) is 3. The van der Waals surface area contributed by atoms with Crippen LogP contribution in [0, 0.1) is 6.92 Å². The number of benzene rings is 2. The third-order valence-corrected chi connectivity index (χ3v) is 3.48. The first-order chi connectivity index (χ1) is 10.3. The Morgan fingerprint density at radius 3 is 2.67 bits per heavy atom. The number of hydrogen-bond donors (Lipinski definition) is 1. The quantitative estimate of drug-likeness (QED) is 0.793. The fourth-order valence-electron chi connectivity index (χ4n) is 2.45. The van der Waals surface area contributed by atoms with Crippen molar-refractivity contribution in [2.24, 2.45) is 0 Å². The van der Waals surface area contributed by atoms with Gasteiger partial charge in [-0.3, -0.25) is 4.98 Å². The van der Waals surface area contributed by atoms with Crippen molar-refractivity contribution < 1.29 is 9.84 Å². The Labute approximate surface area is 123 Å². The average molecular weight is 279 g/mol. The molecule has 106 valence electrons. The summed E-state index contributed by atoms with van der Waals surface area (Å²) in [4.78, 5) is 4.42. The molecule has 0 spiro atoms. The van der Waals surface area contributed by atoms with E-state index >= 15 is 0 Å². The Bertz CT molecular complexity index is 768. The molecule has 0 bridgehead atoms. The van der Waals surface area contributed by atoms with Gasteiger partial charge in [0.05, 0.1) is 12.3 Å². The lowest BCUT2D eigenvalue weighted by Crippen LogP contribution is -2.01. The van der Waals surface area contributed by atoms with Gasteiger partial charge in [0, 0.05) is 11.3 Å². The summed E-state index contributed by atoms with van der Waals surface area (Å²) in [6.07, 6.45) is 0. The number of pyridine rings is 1. The van der Waals surface area contributed by atoms with Crippen LogP contribution in [0.3, 0.4) is 0 Å². The van der Waals surface area contributed by atoms with Crippen molar-refractivity contribution in [3.05, 3.63) is 71.5 Å². The predicted octanol–water partition coefficient (Wildman–Crippen LogP) is 3.61. The van der Waals surface area contributed by atoms with Gasteiger partial charge in [0.1, 0.15) is 12.4 Å². The Hall–Kier alpha value is -2.39. The molecule has 1 aromatic heterocycles. The SMILES string of the molecule is Cc1cccc(COc2ccc3ccccc3c2CO)n1. The number of nitrogens with zero attached hydrogens (tertiary/aromatic N) is 1. The molecule has 3 aromatic rings. The maximum absolute atomic E-state index is 9.66. The normalized spacial score (nSPS) is 10.8. The molecule has 0 saturated carbocycles. The predicted molar refractivity (Wildman–Crippen MR) is 83.2 cm³/mol. The molecule has 0 atom stereocenters. The van der Waals surface area contributed by atoms with E-state index in [9.17, 15) is 5.11 Å². The average Bonchev–Trinajstić information content (AvgIpc) is 2.52. The smallest absolute Gasteiger partial charge is 0.130 e. The minimum absolute atomic E-state index is 0.0437. The summed E-state index contributed by atoms with van der Waals surface area (Å²) in [7, 11) is 0. The topological polar surface area (TPSA) is 42.4 Å². The number of rotatable bonds is 4. The highest BCUT2D eigenvalue weighted by molar-refractivity contribution is 5.87. The number of fused-ring (bicyclic) bond motifs is 1. The standard InChI is InChI=1S/C18H17NO2/c1-13-5-4-7-15(19-13)12-21-18-10-9-14-6-2-3-8-16(14)17(18)11-20/h2-10,20H,11-12H2,1H3. The molecule has 1 N–H and O–H groups in total. The third-order valence-electron chi connectivity index (χ3n) is 3.48. The van der Waals surface area contributed by atoms with Crippen molar-refractivity contribution in [3.63, 3.8) is 0 Å². The zero-order chi connectivity index (χ0) is 14.7. The highest BCUT2D eigenvalue weighted by Gasteiger charge is 2.08. The largest absolute Gasteiger partial charge is 0.487 e. The van der Waals surface area contributed by atoms with Crippen LogP contribution in [-0.4, -0.2) is 10.1 Å². The Kier molecular flexibility index (Phi) is 3.84. The Balaban J connectivity index is 1.90. The summed E-state index contributed by atoms with van der Waals surface area (Å²) in [5, 5.41) is 11.8. The zero-order valence-electron chi connectivity index (χ0n) is 11.9. The van der Waals surface area contributed by atoms with E-state index in [4.69, 9.17) is 4.74 Å². The number of aromatic nitrogens is 1. The van der Waals surface area contributed by atoms with E-state index in [0.29, 0.717) is 12.4 Å². The first kappa shape index (κ1) is 13.6. The van der Waals surface area contributed by atoms with Gasteiger partial charge in [0.2, 0.25) is 0 Å². The molecule has 2 aromatic carbocycles. The van der Waals surface area contributed by atoms with Gasteiger partial charge in [-0.2, -0.15) is 0 Å². The zero-order valence-corrected chi connectivity index (χ0v) is 11.9. The molecular formula is C18H17NO2. The molecule has 1 heterocycles. The van der Waals surface area contributed by atoms with Crippen LogP contribution < -0.4 is 4.74 Å². The second kappa shape index (κ2) is 5.94. The van der Waals surface area contributed by atoms with Crippen LogP contribution in [0.15, 0.2) is 54.6 Å². The molecular weight excluding hydrogens is 262 g/mol. The van der Waals surface area contributed by atoms with Gasteiger partial charge >= 0.3 is 0 Å². The van der Waals surface area contributed by atoms with E-state index in [1.165, 1.54) is 0 Å². The molecule has 3 rings (SSSR count). The number of aliphatic hydroxyl groups excluding tert-OH is 1. The maximum atomic E-state index is 9.66. The van der Waals surface area contributed by atoms with E-state index in [0.717, 1.165) is 27.7 Å². The van der Waals surface area contributed by atoms with E-state index < -0.39 is 0 Å². The third kappa shape index (κ3) is 2.88. The molecule has 0 saturated heterocycles. The monoisotopic (exact) mass is 279 g/mol. The highest BCUT2D eigenvalue weighted by atomic mass is 16.5. The molecule has 21 heavy (non-hydrogen) atoms. The molecule has 0 radical (unpaired) electrons. The van der Waals surface area contributed by atoms with Gasteiger partial charge in [-0.1, -0.05) is 36.4 Å². The lowest BCUT2D eigenvalue weighted by molar-refractivity contribution is 0.259. The van der Waals surface area contributed by atoms with Crippen LogP contribution in [0.25, 0.3) is 10.8 Å². The van der Waals surface area contributed by atoms with Crippen LogP contribution in [0.2, 0.25) is 0 Å². The molecule has 0 aliphatic heterocycles. The molecule has 3 heteroatoms. The lowest BCUT2D eigenvalue weighted by atomic mass is 10.0. The second-order valence-electron chi connectivity index (χ2n) is 4.98. The van der Waals surface area contributed by atoms with Gasteiger partial charge in [-0.05, 0) is 35.9 Å². The first-order valence-electron chi connectivity index (χ1n) is 6.95. The highest BCUT2D eigenvalue weighted by Crippen LogP contribution is 2.28. The van der Waals surface area contributed by atoms with Crippen LogP contribution >= 0.6 is 0 Å². The molecule has 0 unspecified atom stereocenters. The number of aryl methyl sites for hydroxylation is 1. The van der Waals surface area contributed by atoms with Crippen molar-refractivity contribution in [3.8, 4) is 5.75 Å². The van der Waals surface area contributed by atoms with Crippen molar-refractivity contribution in [1.82, 2.24) is 4.98 Å². The fourth-order valence-corrected chi connectivity index (χ4v) is 2.45. The van der Waals surface area contributed by atoms with Crippen molar-refractivity contribution in [2.45, 2.75) is 20.1 Å². The summed E-state index contributed by atoms with van der Waals surface area (Å²) < 4.78 is 5.85. The summed E-state index contributed by atoms with van der Waals surface area (Å²) in [6.45, 7) is 2.31. The molecule has 0 amide bonds. The van der Waals surface area contributed by atoms with Gasteiger partial charge in [-0.15, -0.1) is 0 Å². The Morgan fingerprint density at radius 2 is 1.86 bits per heavy atom. The summed E-state index contributed by atoms with van der Waals surface area (Å²) in [6, 6.07) is 17.8. The van der Waals surface area contributed by atoms with Gasteiger partial charge < -0.3 is 9.84 Å². The minimum Gasteiger partial charge on any atom is -0.487 e. The van der Waals surface area contributed by atoms with Crippen molar-refractivity contribution >= 4 is 10.8 Å². The van der Waals surface area contributed by atoms with Crippen LogP contribution in [0.4, 0.5) is 0 Å². The summed E-state index contributed by atoms with van der Waals surface area (Å²) in [5.41, 5.74) is 2.67. The number of aliphatic hydroxyl groups is 1. The van der Waals surface area contributed by atoms with Gasteiger partial charge in [0.25, 0.3) is 0 Å². The van der Waals surface area contributed by atoms with E-state index in [2.05, 4.69) is 4.98 Å². The van der Waals surface area contributed by atoms with Crippen molar-refractivity contribution in [1.29, 1.82) is 0 Å². The maximum Gasteiger partial charge on any atom is 0.130 e. The lowest BCUT2D eigenvalue weighted by Gasteiger charge is -2.12. The summed E-state index contributed by atoms with van der Waals surface area (Å²) >= 11 is 0. The van der Waals surface area contributed by atoms with Crippen LogP contribution in [-0.2, 0) is 13.2 Å². The fraction of sp³-hybridized carbons (Fsp3) is 0.167. The van der Waals surface area contributed by atoms with Crippen molar-refractivity contribution in [2.75, 3.05) is 0 Å². The van der Waals surface area contributed by atoms with Gasteiger partial charge in [0.15, 0.2) is 0 Å². The van der Waals surface area contributed by atoms with Crippen LogP contribution in [0.1, 0.15) is 17.0 Å². The van der Waals surface area contributed by atoms with Gasteiger partial charge in [-0.25, -0.2) is 0 Å². The van der Waals surface area contributed by atoms with E-state index in [-0.39, 0.29) is 6.61 Å². The molecule has 0 aliphatic carbocycles. The molecule has 0 aliphatic rings. The summed E-state index contributed by atoms with van der Waals surface area (Å²) in [5.74, 6) is 0.708. The molecule has 3 nitrogen and oxygen atoms in total. The minimum atomic E-state index is -0.0437.